The van der Waals surface area contributed by atoms with Crippen LogP contribution in [0.1, 0.15) is 19.8 Å². The highest BCUT2D eigenvalue weighted by Crippen LogP contribution is 2.25. The smallest absolute Gasteiger partial charge is 0.319 e. The quantitative estimate of drug-likeness (QED) is 0.641. The molecule has 1 aliphatic carbocycles. The van der Waals surface area contributed by atoms with Crippen molar-refractivity contribution in [1.82, 2.24) is 5.32 Å². The highest BCUT2D eigenvalue weighted by atomic mass is 16.5. The molecule has 0 heterocycles. The molecule has 0 bridgehead atoms. The van der Waals surface area contributed by atoms with Gasteiger partial charge in [-0.1, -0.05) is 0 Å². The second kappa shape index (κ2) is 4.83. The number of carbonyl (C=O) groups excluding carboxylic acids is 1. The molecule has 0 aromatic rings. The van der Waals surface area contributed by atoms with Gasteiger partial charge in [-0.15, -0.1) is 0 Å². The zero-order chi connectivity index (χ0) is 9.68. The van der Waals surface area contributed by atoms with Gasteiger partial charge in [-0.3, -0.25) is 4.79 Å². The van der Waals surface area contributed by atoms with Crippen molar-refractivity contribution >= 4 is 5.97 Å². The molecule has 0 aliphatic heterocycles. The molecule has 0 saturated heterocycles. The third kappa shape index (κ3) is 3.03. The largest absolute Gasteiger partial charge is 0.465 e. The van der Waals surface area contributed by atoms with Gasteiger partial charge >= 0.3 is 5.97 Å². The predicted octanol–water partition coefficient (Wildman–Crippen LogP) is 0.441. The van der Waals surface area contributed by atoms with Crippen LogP contribution in [0.15, 0.2) is 0 Å². The molecule has 13 heavy (non-hydrogen) atoms. The number of carbonyl (C=O) groups is 1. The van der Waals surface area contributed by atoms with Crippen molar-refractivity contribution in [2.24, 2.45) is 5.92 Å². The molecular formula is C9H14N2O2. The molecule has 1 aliphatic rings. The van der Waals surface area contributed by atoms with Crippen LogP contribution in [0.2, 0.25) is 0 Å². The second-order valence-corrected chi connectivity index (χ2v) is 3.18. The molecule has 72 valence electrons. The normalized spacial score (nSPS) is 25.8. The number of hydrogen-bond donors (Lipinski definition) is 1. The van der Waals surface area contributed by atoms with Crippen LogP contribution in [-0.4, -0.2) is 25.2 Å². The van der Waals surface area contributed by atoms with E-state index < -0.39 is 0 Å². The molecule has 1 saturated carbocycles. The Morgan fingerprint density at radius 2 is 2.38 bits per heavy atom. The topological polar surface area (TPSA) is 62.1 Å². The molecule has 0 atom stereocenters. The minimum atomic E-state index is -0.220. The van der Waals surface area contributed by atoms with Gasteiger partial charge in [0.1, 0.15) is 0 Å². The fraction of sp³-hybridized carbons (Fsp3) is 0.778. The Bertz CT molecular complexity index is 216. The van der Waals surface area contributed by atoms with E-state index in [1.54, 1.807) is 6.92 Å². The van der Waals surface area contributed by atoms with Crippen molar-refractivity contribution < 1.29 is 9.53 Å². The molecule has 1 rings (SSSR count). The summed E-state index contributed by atoms with van der Waals surface area (Å²) in [5, 5.41) is 11.5. The minimum Gasteiger partial charge on any atom is -0.465 e. The first-order valence-corrected chi connectivity index (χ1v) is 4.55. The Balaban J connectivity index is 2.02. The average molecular weight is 182 g/mol. The maximum atomic E-state index is 10.9. The molecule has 0 spiro atoms. The van der Waals surface area contributed by atoms with Gasteiger partial charge in [0.05, 0.1) is 19.2 Å². The number of rotatable bonds is 4. The first-order valence-electron chi connectivity index (χ1n) is 4.55. The van der Waals surface area contributed by atoms with E-state index in [4.69, 9.17) is 10.00 Å². The molecule has 0 aromatic heterocycles. The lowest BCUT2D eigenvalue weighted by Crippen LogP contribution is -2.43. The van der Waals surface area contributed by atoms with Crippen LogP contribution >= 0.6 is 0 Å². The summed E-state index contributed by atoms with van der Waals surface area (Å²) in [7, 11) is 0. The van der Waals surface area contributed by atoms with Gasteiger partial charge in [0, 0.05) is 12.0 Å². The van der Waals surface area contributed by atoms with Gasteiger partial charge in [0.25, 0.3) is 0 Å². The van der Waals surface area contributed by atoms with Crippen molar-refractivity contribution in [3.05, 3.63) is 0 Å². The summed E-state index contributed by atoms with van der Waals surface area (Å²) in [4.78, 5) is 10.9. The lowest BCUT2D eigenvalue weighted by molar-refractivity contribution is -0.142. The summed E-state index contributed by atoms with van der Waals surface area (Å²) < 4.78 is 4.75. The van der Waals surface area contributed by atoms with Crippen LogP contribution in [0.5, 0.6) is 0 Å². The Kier molecular flexibility index (Phi) is 3.71. The van der Waals surface area contributed by atoms with E-state index in [-0.39, 0.29) is 18.4 Å². The van der Waals surface area contributed by atoms with E-state index in [1.165, 1.54) is 0 Å². The van der Waals surface area contributed by atoms with Crippen LogP contribution < -0.4 is 5.32 Å². The first kappa shape index (κ1) is 10.0. The number of esters is 1. The Hall–Kier alpha value is -1.08. The van der Waals surface area contributed by atoms with E-state index in [1.807, 2.05) is 0 Å². The number of nitriles is 1. The van der Waals surface area contributed by atoms with Crippen LogP contribution in [0.4, 0.5) is 0 Å². The SMILES string of the molecule is CCOC(=O)CNC1CC(C#N)C1. The van der Waals surface area contributed by atoms with Crippen LogP contribution in [0.25, 0.3) is 0 Å². The highest BCUT2D eigenvalue weighted by molar-refractivity contribution is 5.71. The minimum absolute atomic E-state index is 0.180. The molecule has 0 amide bonds. The van der Waals surface area contributed by atoms with Gasteiger partial charge in [0.15, 0.2) is 0 Å². The summed E-state index contributed by atoms with van der Waals surface area (Å²) in [6.07, 6.45) is 1.71. The Morgan fingerprint density at radius 3 is 2.92 bits per heavy atom. The maximum Gasteiger partial charge on any atom is 0.319 e. The molecule has 0 aromatic carbocycles. The lowest BCUT2D eigenvalue weighted by atomic mass is 9.81. The van der Waals surface area contributed by atoms with Crippen molar-refractivity contribution in [3.8, 4) is 6.07 Å². The summed E-state index contributed by atoms with van der Waals surface area (Å²) >= 11 is 0. The van der Waals surface area contributed by atoms with Gasteiger partial charge in [0.2, 0.25) is 0 Å². The standard InChI is InChI=1S/C9H14N2O2/c1-2-13-9(12)6-11-8-3-7(4-8)5-10/h7-8,11H,2-4,6H2,1H3. The van der Waals surface area contributed by atoms with E-state index in [0.29, 0.717) is 12.6 Å². The summed E-state index contributed by atoms with van der Waals surface area (Å²) in [5.74, 6) is -0.0393. The fourth-order valence-electron chi connectivity index (χ4n) is 1.33. The lowest BCUT2D eigenvalue weighted by Gasteiger charge is -2.30. The number of ether oxygens (including phenoxy) is 1. The van der Waals surface area contributed by atoms with Gasteiger partial charge < -0.3 is 10.1 Å². The van der Waals surface area contributed by atoms with Crippen molar-refractivity contribution in [2.75, 3.05) is 13.2 Å². The van der Waals surface area contributed by atoms with Gasteiger partial charge in [-0.05, 0) is 19.8 Å². The van der Waals surface area contributed by atoms with Crippen LogP contribution in [0.3, 0.4) is 0 Å². The second-order valence-electron chi connectivity index (χ2n) is 3.18. The molecule has 0 radical (unpaired) electrons. The molecule has 1 N–H and O–H groups in total. The zero-order valence-corrected chi connectivity index (χ0v) is 7.75. The van der Waals surface area contributed by atoms with E-state index in [2.05, 4.69) is 11.4 Å². The molecule has 4 nitrogen and oxygen atoms in total. The fourth-order valence-corrected chi connectivity index (χ4v) is 1.33. The molecule has 4 heteroatoms. The number of hydrogen-bond acceptors (Lipinski definition) is 4. The van der Waals surface area contributed by atoms with Crippen LogP contribution in [-0.2, 0) is 9.53 Å². The Morgan fingerprint density at radius 1 is 1.69 bits per heavy atom. The number of nitrogens with zero attached hydrogens (tertiary/aromatic N) is 1. The first-order chi connectivity index (χ1) is 6.26. The van der Waals surface area contributed by atoms with Crippen molar-refractivity contribution in [3.63, 3.8) is 0 Å². The summed E-state index contributed by atoms with van der Waals surface area (Å²) in [5.41, 5.74) is 0. The predicted molar refractivity (Wildman–Crippen MR) is 46.8 cm³/mol. The highest BCUT2D eigenvalue weighted by Gasteiger charge is 2.28. The number of nitrogens with one attached hydrogen (secondary N) is 1. The summed E-state index contributed by atoms with van der Waals surface area (Å²) in [6.45, 7) is 2.47. The average Bonchev–Trinajstić information content (AvgIpc) is 2.02. The zero-order valence-electron chi connectivity index (χ0n) is 7.75. The molecule has 1 fully saturated rings. The van der Waals surface area contributed by atoms with E-state index in [9.17, 15) is 4.79 Å². The van der Waals surface area contributed by atoms with Crippen molar-refractivity contribution in [1.29, 1.82) is 5.26 Å². The molecular weight excluding hydrogens is 168 g/mol. The Labute approximate surface area is 77.9 Å². The van der Waals surface area contributed by atoms with Gasteiger partial charge in [-0.25, -0.2) is 0 Å². The monoisotopic (exact) mass is 182 g/mol. The van der Waals surface area contributed by atoms with E-state index >= 15 is 0 Å². The molecule has 0 unspecified atom stereocenters. The van der Waals surface area contributed by atoms with Crippen molar-refractivity contribution in [2.45, 2.75) is 25.8 Å². The maximum absolute atomic E-state index is 10.9. The third-order valence-corrected chi connectivity index (χ3v) is 2.16. The van der Waals surface area contributed by atoms with E-state index in [0.717, 1.165) is 12.8 Å². The third-order valence-electron chi connectivity index (χ3n) is 2.16. The summed E-state index contributed by atoms with van der Waals surface area (Å²) in [6, 6.07) is 2.52. The van der Waals surface area contributed by atoms with Gasteiger partial charge in [-0.2, -0.15) is 5.26 Å². The van der Waals surface area contributed by atoms with Crippen LogP contribution in [0, 0.1) is 17.2 Å².